The Balaban J connectivity index is 2.00. The Morgan fingerprint density at radius 1 is 1.12 bits per heavy atom. The van der Waals surface area contributed by atoms with Gasteiger partial charge in [0.15, 0.2) is 11.6 Å². The van der Waals surface area contributed by atoms with Gasteiger partial charge in [0.1, 0.15) is 5.82 Å². The first-order valence-electron chi connectivity index (χ1n) is 8.34. The number of rotatable bonds is 6. The third-order valence-electron chi connectivity index (χ3n) is 3.89. The molecule has 0 unspecified atom stereocenters. The van der Waals surface area contributed by atoms with Gasteiger partial charge in [-0.2, -0.15) is 4.98 Å². The van der Waals surface area contributed by atoms with Gasteiger partial charge in [-0.1, -0.05) is 13.0 Å². The fourth-order valence-electron chi connectivity index (χ4n) is 2.30. The molecule has 2 aromatic heterocycles. The first kappa shape index (κ1) is 17.7. The van der Waals surface area contributed by atoms with Gasteiger partial charge in [0, 0.05) is 30.1 Å². The molecule has 0 saturated heterocycles. The molecule has 2 N–H and O–H groups in total. The van der Waals surface area contributed by atoms with Crippen LogP contribution >= 0.6 is 0 Å². The predicted molar refractivity (Wildman–Crippen MR) is 98.3 cm³/mol. The first-order chi connectivity index (χ1) is 12.6. The van der Waals surface area contributed by atoms with E-state index in [0.717, 1.165) is 18.1 Å². The van der Waals surface area contributed by atoms with Gasteiger partial charge in [-0.25, -0.2) is 13.8 Å². The summed E-state index contributed by atoms with van der Waals surface area (Å²) in [6.45, 7) is 4.06. The molecule has 7 heteroatoms. The number of halogens is 2. The average Bonchev–Trinajstić information content (AvgIpc) is 2.66. The number of anilines is 3. The highest BCUT2D eigenvalue weighted by Crippen LogP contribution is 2.25. The molecule has 3 rings (SSSR count). The molecule has 134 valence electrons. The molecular weight excluding hydrogens is 336 g/mol. The van der Waals surface area contributed by atoms with Gasteiger partial charge in [0.25, 0.3) is 0 Å². The van der Waals surface area contributed by atoms with Crippen molar-refractivity contribution in [3.63, 3.8) is 0 Å². The zero-order chi connectivity index (χ0) is 18.5. The van der Waals surface area contributed by atoms with Crippen molar-refractivity contribution in [3.05, 3.63) is 60.4 Å². The largest absolute Gasteiger partial charge is 0.352 e. The fraction of sp³-hybridized carbons (Fsp3) is 0.211. The summed E-state index contributed by atoms with van der Waals surface area (Å²) in [4.78, 5) is 13.0. The summed E-state index contributed by atoms with van der Waals surface area (Å²) >= 11 is 0. The zero-order valence-corrected chi connectivity index (χ0v) is 14.5. The minimum atomic E-state index is -0.953. The summed E-state index contributed by atoms with van der Waals surface area (Å²) in [7, 11) is 0. The number of hydrogen-bond acceptors (Lipinski definition) is 5. The first-order valence-corrected chi connectivity index (χ1v) is 8.34. The molecule has 0 radical (unpaired) electrons. The summed E-state index contributed by atoms with van der Waals surface area (Å²) in [6, 6.07) is 9.46. The van der Waals surface area contributed by atoms with Gasteiger partial charge in [0.2, 0.25) is 5.95 Å². The van der Waals surface area contributed by atoms with Crippen LogP contribution in [0.4, 0.5) is 26.2 Å². The highest BCUT2D eigenvalue weighted by molar-refractivity contribution is 5.67. The normalized spacial score (nSPS) is 11.8. The molecule has 0 fully saturated rings. The summed E-state index contributed by atoms with van der Waals surface area (Å²) in [5, 5.41) is 6.03. The Bertz CT molecular complexity index is 886. The van der Waals surface area contributed by atoms with Gasteiger partial charge >= 0.3 is 0 Å². The Labute approximate surface area is 150 Å². The van der Waals surface area contributed by atoms with E-state index in [1.54, 1.807) is 24.5 Å². The van der Waals surface area contributed by atoms with Crippen LogP contribution in [0.5, 0.6) is 0 Å². The molecule has 1 atom stereocenters. The molecule has 3 aromatic rings. The van der Waals surface area contributed by atoms with Crippen molar-refractivity contribution in [1.82, 2.24) is 15.0 Å². The Kier molecular flexibility index (Phi) is 5.36. The number of benzene rings is 1. The SMILES string of the molecule is CC[C@@H](C)Nc1nc(Nc2cccc(F)c2F)cc(-c2cccnc2)n1. The van der Waals surface area contributed by atoms with Crippen molar-refractivity contribution < 1.29 is 8.78 Å². The summed E-state index contributed by atoms with van der Waals surface area (Å²) in [6.07, 6.45) is 4.24. The van der Waals surface area contributed by atoms with Gasteiger partial charge in [-0.15, -0.1) is 0 Å². The number of hydrogen-bond donors (Lipinski definition) is 2. The molecule has 5 nitrogen and oxygen atoms in total. The number of nitrogens with zero attached hydrogens (tertiary/aromatic N) is 3. The van der Waals surface area contributed by atoms with Crippen molar-refractivity contribution in [2.75, 3.05) is 10.6 Å². The van der Waals surface area contributed by atoms with E-state index in [0.29, 0.717) is 17.5 Å². The monoisotopic (exact) mass is 355 g/mol. The second-order valence-electron chi connectivity index (χ2n) is 5.88. The third-order valence-corrected chi connectivity index (χ3v) is 3.89. The molecule has 0 saturated carbocycles. The van der Waals surface area contributed by atoms with E-state index in [1.807, 2.05) is 19.9 Å². The van der Waals surface area contributed by atoms with Gasteiger partial charge < -0.3 is 10.6 Å². The second kappa shape index (κ2) is 7.86. The van der Waals surface area contributed by atoms with Gasteiger partial charge in [-0.05, 0) is 37.6 Å². The molecular formula is C19H19F2N5. The number of nitrogens with one attached hydrogen (secondary N) is 2. The summed E-state index contributed by atoms with van der Waals surface area (Å²) in [5.74, 6) is -1.12. The third kappa shape index (κ3) is 4.11. The lowest BCUT2D eigenvalue weighted by atomic mass is 10.2. The van der Waals surface area contributed by atoms with E-state index in [2.05, 4.69) is 25.6 Å². The molecule has 0 aliphatic heterocycles. The second-order valence-corrected chi connectivity index (χ2v) is 5.88. The van der Waals surface area contributed by atoms with Gasteiger partial charge in [-0.3, -0.25) is 4.98 Å². The van der Waals surface area contributed by atoms with Crippen LogP contribution in [0.25, 0.3) is 11.3 Å². The molecule has 0 aliphatic carbocycles. The van der Waals surface area contributed by atoms with Crippen LogP contribution in [0.15, 0.2) is 48.8 Å². The highest BCUT2D eigenvalue weighted by atomic mass is 19.2. The molecule has 0 aliphatic rings. The van der Waals surface area contributed by atoms with Gasteiger partial charge in [0.05, 0.1) is 11.4 Å². The van der Waals surface area contributed by atoms with Crippen LogP contribution in [0, 0.1) is 11.6 Å². The highest BCUT2D eigenvalue weighted by Gasteiger charge is 2.12. The van der Waals surface area contributed by atoms with Crippen LogP contribution in [0.3, 0.4) is 0 Å². The number of pyridine rings is 1. The van der Waals surface area contributed by atoms with Crippen molar-refractivity contribution in [2.45, 2.75) is 26.3 Å². The van der Waals surface area contributed by atoms with Crippen LogP contribution in [-0.2, 0) is 0 Å². The topological polar surface area (TPSA) is 62.7 Å². The Morgan fingerprint density at radius 3 is 2.69 bits per heavy atom. The van der Waals surface area contributed by atoms with Crippen molar-refractivity contribution in [1.29, 1.82) is 0 Å². The van der Waals surface area contributed by atoms with E-state index in [9.17, 15) is 8.78 Å². The maximum Gasteiger partial charge on any atom is 0.225 e. The minimum absolute atomic E-state index is 0.00956. The van der Waals surface area contributed by atoms with E-state index in [4.69, 9.17) is 0 Å². The van der Waals surface area contributed by atoms with Crippen molar-refractivity contribution in [2.24, 2.45) is 0 Å². The Morgan fingerprint density at radius 2 is 1.96 bits per heavy atom. The van der Waals surface area contributed by atoms with E-state index in [-0.39, 0.29) is 11.7 Å². The van der Waals surface area contributed by atoms with Crippen LogP contribution in [0.2, 0.25) is 0 Å². The lowest BCUT2D eigenvalue weighted by Crippen LogP contribution is -2.16. The summed E-state index contributed by atoms with van der Waals surface area (Å²) in [5.41, 5.74) is 1.43. The molecule has 0 spiro atoms. The van der Waals surface area contributed by atoms with E-state index in [1.165, 1.54) is 12.1 Å². The molecule has 0 bridgehead atoms. The average molecular weight is 355 g/mol. The van der Waals surface area contributed by atoms with Crippen LogP contribution in [0.1, 0.15) is 20.3 Å². The van der Waals surface area contributed by atoms with E-state index >= 15 is 0 Å². The molecule has 0 amide bonds. The molecule has 26 heavy (non-hydrogen) atoms. The van der Waals surface area contributed by atoms with Crippen molar-refractivity contribution >= 4 is 17.5 Å². The Hall–Kier alpha value is -3.09. The maximum atomic E-state index is 14.0. The van der Waals surface area contributed by atoms with Crippen LogP contribution in [-0.4, -0.2) is 21.0 Å². The fourth-order valence-corrected chi connectivity index (χ4v) is 2.30. The quantitative estimate of drug-likeness (QED) is 0.667. The maximum absolute atomic E-state index is 14.0. The zero-order valence-electron chi connectivity index (χ0n) is 14.5. The lowest BCUT2D eigenvalue weighted by molar-refractivity contribution is 0.511. The standard InChI is InChI=1S/C19H19F2N5/c1-3-12(2)23-19-25-16(13-6-5-9-22-11-13)10-17(26-19)24-15-8-4-7-14(20)18(15)21/h4-12H,3H2,1-2H3,(H2,23,24,25,26)/t12-/m1/s1. The smallest absolute Gasteiger partial charge is 0.225 e. The number of aromatic nitrogens is 3. The molecule has 1 aromatic carbocycles. The summed E-state index contributed by atoms with van der Waals surface area (Å²) < 4.78 is 27.4. The predicted octanol–water partition coefficient (Wildman–Crippen LogP) is 4.77. The minimum Gasteiger partial charge on any atom is -0.352 e. The van der Waals surface area contributed by atoms with Crippen molar-refractivity contribution in [3.8, 4) is 11.3 Å². The van der Waals surface area contributed by atoms with Crippen LogP contribution < -0.4 is 10.6 Å². The van der Waals surface area contributed by atoms with E-state index < -0.39 is 11.6 Å². The molecule has 2 heterocycles. The lowest BCUT2D eigenvalue weighted by Gasteiger charge is -2.15.